The van der Waals surface area contributed by atoms with Crippen molar-refractivity contribution in [2.45, 2.75) is 37.1 Å². The summed E-state index contributed by atoms with van der Waals surface area (Å²) >= 11 is 0. The van der Waals surface area contributed by atoms with E-state index in [1.165, 1.54) is 12.1 Å². The van der Waals surface area contributed by atoms with Crippen LogP contribution >= 0.6 is 0 Å². The first-order valence-electron chi connectivity index (χ1n) is 7.82. The van der Waals surface area contributed by atoms with Gasteiger partial charge in [-0.3, -0.25) is 0 Å². The van der Waals surface area contributed by atoms with Crippen molar-refractivity contribution in [3.63, 3.8) is 0 Å². The number of benzene rings is 2. The lowest BCUT2D eigenvalue weighted by Gasteiger charge is -2.26. The van der Waals surface area contributed by atoms with E-state index in [1.807, 2.05) is 18.2 Å². The number of hydrogen-bond donors (Lipinski definition) is 2. The molecule has 0 amide bonds. The van der Waals surface area contributed by atoms with Crippen LogP contribution in [0.15, 0.2) is 41.3 Å². The molecule has 1 aliphatic rings. The van der Waals surface area contributed by atoms with Crippen molar-refractivity contribution in [3.8, 4) is 6.07 Å². The summed E-state index contributed by atoms with van der Waals surface area (Å²) in [5.74, 6) is 0. The summed E-state index contributed by atoms with van der Waals surface area (Å²) in [6, 6.07) is 12.0. The maximum absolute atomic E-state index is 12.7. The summed E-state index contributed by atoms with van der Waals surface area (Å²) in [4.78, 5) is 0.182. The first-order valence-corrected chi connectivity index (χ1v) is 9.30. The average Bonchev–Trinajstić information content (AvgIpc) is 2.54. The summed E-state index contributed by atoms with van der Waals surface area (Å²) in [6.45, 7) is 1.73. The predicted octanol–water partition coefficient (Wildman–Crippen LogP) is 2.80. The molecule has 5 nitrogen and oxygen atoms in total. The quantitative estimate of drug-likeness (QED) is 0.839. The molecule has 1 atom stereocenters. The lowest BCUT2D eigenvalue weighted by molar-refractivity contribution is 0.507. The van der Waals surface area contributed by atoms with Gasteiger partial charge in [-0.2, -0.15) is 5.26 Å². The summed E-state index contributed by atoms with van der Waals surface area (Å²) in [6.07, 6.45) is 2.58. The molecule has 6 heteroatoms. The zero-order chi connectivity index (χ0) is 17.3. The van der Waals surface area contributed by atoms with Crippen LogP contribution in [0.25, 0.3) is 0 Å². The second kappa shape index (κ2) is 6.27. The fourth-order valence-corrected chi connectivity index (χ4v) is 4.48. The lowest BCUT2D eigenvalue weighted by atomic mass is 9.88. The fraction of sp³-hybridized carbons (Fsp3) is 0.278. The topological polar surface area (TPSA) is 96.0 Å². The fourth-order valence-electron chi connectivity index (χ4n) is 3.14. The maximum Gasteiger partial charge on any atom is 0.241 e. The zero-order valence-electron chi connectivity index (χ0n) is 13.4. The van der Waals surface area contributed by atoms with E-state index in [9.17, 15) is 8.42 Å². The first kappa shape index (κ1) is 16.5. The largest absolute Gasteiger partial charge is 0.399 e. The third-order valence-corrected chi connectivity index (χ3v) is 5.88. The van der Waals surface area contributed by atoms with Gasteiger partial charge >= 0.3 is 0 Å². The van der Waals surface area contributed by atoms with Crippen molar-refractivity contribution in [1.82, 2.24) is 4.72 Å². The van der Waals surface area contributed by atoms with Gasteiger partial charge in [0, 0.05) is 11.7 Å². The molecule has 0 saturated carbocycles. The molecule has 1 aliphatic carbocycles. The molecule has 0 radical (unpaired) electrons. The molecular formula is C18H19N3O2S. The van der Waals surface area contributed by atoms with Crippen molar-refractivity contribution >= 4 is 15.7 Å². The number of nitrogens with zero attached hydrogens (tertiary/aromatic N) is 1. The van der Waals surface area contributed by atoms with E-state index in [-0.39, 0.29) is 10.9 Å². The summed E-state index contributed by atoms with van der Waals surface area (Å²) in [7, 11) is -3.65. The van der Waals surface area contributed by atoms with Gasteiger partial charge in [0.2, 0.25) is 10.0 Å². The van der Waals surface area contributed by atoms with Crippen molar-refractivity contribution in [2.75, 3.05) is 5.73 Å². The smallest absolute Gasteiger partial charge is 0.241 e. The van der Waals surface area contributed by atoms with Crippen LogP contribution in [0.4, 0.5) is 5.69 Å². The van der Waals surface area contributed by atoms with Crippen molar-refractivity contribution in [1.29, 1.82) is 5.26 Å². The second-order valence-electron chi connectivity index (χ2n) is 6.11. The third-order valence-electron chi connectivity index (χ3n) is 4.41. The van der Waals surface area contributed by atoms with Gasteiger partial charge in [-0.25, -0.2) is 13.1 Å². The second-order valence-corrected chi connectivity index (χ2v) is 7.83. The Labute approximate surface area is 142 Å². The number of rotatable bonds is 3. The average molecular weight is 341 g/mol. The number of aryl methyl sites for hydroxylation is 2. The van der Waals surface area contributed by atoms with E-state index in [0.29, 0.717) is 16.8 Å². The molecule has 0 aliphatic heterocycles. The molecule has 0 heterocycles. The van der Waals surface area contributed by atoms with Crippen LogP contribution in [0.3, 0.4) is 0 Å². The number of anilines is 1. The number of sulfonamides is 1. The Bertz CT molecular complexity index is 930. The zero-order valence-corrected chi connectivity index (χ0v) is 14.2. The van der Waals surface area contributed by atoms with Crippen molar-refractivity contribution in [3.05, 3.63) is 58.7 Å². The van der Waals surface area contributed by atoms with E-state index in [2.05, 4.69) is 4.72 Å². The van der Waals surface area contributed by atoms with E-state index in [1.54, 1.807) is 19.1 Å². The highest BCUT2D eigenvalue weighted by Crippen LogP contribution is 2.32. The highest BCUT2D eigenvalue weighted by molar-refractivity contribution is 7.89. The number of nitrogens with two attached hydrogens (primary N) is 1. The van der Waals surface area contributed by atoms with E-state index < -0.39 is 10.0 Å². The van der Waals surface area contributed by atoms with Crippen LogP contribution in [-0.4, -0.2) is 8.42 Å². The number of fused-ring (bicyclic) bond motifs is 1. The van der Waals surface area contributed by atoms with Crippen molar-refractivity contribution in [2.24, 2.45) is 0 Å². The van der Waals surface area contributed by atoms with Gasteiger partial charge < -0.3 is 5.73 Å². The van der Waals surface area contributed by atoms with E-state index in [0.717, 1.165) is 30.4 Å². The molecule has 0 spiro atoms. The van der Waals surface area contributed by atoms with Crippen molar-refractivity contribution < 1.29 is 8.42 Å². The number of nitrogen functional groups attached to an aromatic ring is 1. The monoisotopic (exact) mass is 341 g/mol. The predicted molar refractivity (Wildman–Crippen MR) is 92.7 cm³/mol. The Morgan fingerprint density at radius 1 is 1.25 bits per heavy atom. The molecular weight excluding hydrogens is 322 g/mol. The third kappa shape index (κ3) is 3.14. The molecule has 2 aromatic carbocycles. The summed E-state index contributed by atoms with van der Waals surface area (Å²) < 4.78 is 28.2. The first-order chi connectivity index (χ1) is 11.4. The van der Waals surface area contributed by atoms with Gasteiger partial charge in [-0.05, 0) is 73.2 Å². The van der Waals surface area contributed by atoms with Gasteiger partial charge in [0.1, 0.15) is 0 Å². The maximum atomic E-state index is 12.7. The molecule has 2 aromatic rings. The van der Waals surface area contributed by atoms with Gasteiger partial charge in [-0.1, -0.05) is 6.07 Å². The standard InChI is InChI=1S/C18H19N3O2S/c1-12-9-16(7-5-14(12)11-19)24(22,23)21-18-4-2-3-13-10-15(20)6-8-17(13)18/h5-10,18,21H,2-4,20H2,1H3. The lowest BCUT2D eigenvalue weighted by Crippen LogP contribution is -2.31. The van der Waals surface area contributed by atoms with E-state index in [4.69, 9.17) is 11.0 Å². The van der Waals surface area contributed by atoms with Gasteiger partial charge in [-0.15, -0.1) is 0 Å². The Hall–Kier alpha value is -2.36. The minimum absolute atomic E-state index is 0.182. The molecule has 0 bridgehead atoms. The molecule has 3 N–H and O–H groups in total. The molecule has 124 valence electrons. The van der Waals surface area contributed by atoms with Crippen LogP contribution in [0, 0.1) is 18.3 Å². The highest BCUT2D eigenvalue weighted by atomic mass is 32.2. The number of nitrogens with one attached hydrogen (secondary N) is 1. The van der Waals surface area contributed by atoms with Crippen LogP contribution in [0.2, 0.25) is 0 Å². The highest BCUT2D eigenvalue weighted by Gasteiger charge is 2.26. The number of nitriles is 1. The van der Waals surface area contributed by atoms with Gasteiger partial charge in [0.25, 0.3) is 0 Å². The Morgan fingerprint density at radius 3 is 2.75 bits per heavy atom. The van der Waals surface area contributed by atoms with Crippen LogP contribution in [0.1, 0.15) is 41.1 Å². The summed E-state index contributed by atoms with van der Waals surface area (Å²) in [5.41, 5.74) is 9.74. The molecule has 1 unspecified atom stereocenters. The summed E-state index contributed by atoms with van der Waals surface area (Å²) in [5, 5.41) is 8.98. The van der Waals surface area contributed by atoms with Gasteiger partial charge in [0.15, 0.2) is 0 Å². The SMILES string of the molecule is Cc1cc(S(=O)(=O)NC2CCCc3cc(N)ccc32)ccc1C#N. The minimum atomic E-state index is -3.65. The van der Waals surface area contributed by atoms with Crippen LogP contribution in [0.5, 0.6) is 0 Å². The molecule has 0 fully saturated rings. The minimum Gasteiger partial charge on any atom is -0.399 e. The van der Waals surface area contributed by atoms with Gasteiger partial charge in [0.05, 0.1) is 16.5 Å². The molecule has 0 aromatic heterocycles. The number of hydrogen-bond acceptors (Lipinski definition) is 4. The molecule has 0 saturated heterocycles. The van der Waals surface area contributed by atoms with Crippen LogP contribution < -0.4 is 10.5 Å². The normalized spacial score (nSPS) is 17.1. The molecule has 3 rings (SSSR count). The van der Waals surface area contributed by atoms with Crippen LogP contribution in [-0.2, 0) is 16.4 Å². The molecule has 24 heavy (non-hydrogen) atoms. The Kier molecular flexibility index (Phi) is 4.31. The Balaban J connectivity index is 1.91. The Morgan fingerprint density at radius 2 is 2.04 bits per heavy atom. The van der Waals surface area contributed by atoms with E-state index >= 15 is 0 Å².